The van der Waals surface area contributed by atoms with Crippen LogP contribution in [0.1, 0.15) is 23.2 Å². The monoisotopic (exact) mass is 312 g/mol. The number of methoxy groups -OCH3 is 1. The van der Waals surface area contributed by atoms with Crippen molar-refractivity contribution in [2.45, 2.75) is 18.9 Å². The van der Waals surface area contributed by atoms with Crippen molar-refractivity contribution in [2.75, 3.05) is 26.5 Å². The zero-order valence-electron chi connectivity index (χ0n) is 12.2. The number of hydrogen-bond acceptors (Lipinski definition) is 4. The average molecular weight is 312 g/mol. The maximum Gasteiger partial charge on any atom is 0.253 e. The van der Waals surface area contributed by atoms with Crippen molar-refractivity contribution >= 4 is 15.9 Å². The molecule has 0 aromatic heterocycles. The largest absolute Gasteiger partial charge is 0.497 e. The van der Waals surface area contributed by atoms with Gasteiger partial charge in [0.2, 0.25) is 10.0 Å². The third-order valence-corrected chi connectivity index (χ3v) is 4.24. The highest BCUT2D eigenvalue weighted by Gasteiger charge is 2.25. The van der Waals surface area contributed by atoms with Gasteiger partial charge in [0.1, 0.15) is 5.75 Å². The lowest BCUT2D eigenvalue weighted by Gasteiger charge is -2.32. The van der Waals surface area contributed by atoms with Gasteiger partial charge in [-0.05, 0) is 31.0 Å². The quantitative estimate of drug-likeness (QED) is 0.894. The molecule has 0 aliphatic carbocycles. The topological polar surface area (TPSA) is 75.7 Å². The number of nitrogens with one attached hydrogen (secondary N) is 1. The summed E-state index contributed by atoms with van der Waals surface area (Å²) in [4.78, 5) is 14.1. The van der Waals surface area contributed by atoms with E-state index in [-0.39, 0.29) is 11.9 Å². The maximum atomic E-state index is 12.4. The summed E-state index contributed by atoms with van der Waals surface area (Å²) in [5, 5.41) is 0. The molecule has 1 aromatic carbocycles. The van der Waals surface area contributed by atoms with E-state index in [0.29, 0.717) is 37.2 Å². The smallest absolute Gasteiger partial charge is 0.253 e. The van der Waals surface area contributed by atoms with Gasteiger partial charge in [0.05, 0.1) is 13.4 Å². The van der Waals surface area contributed by atoms with Crippen molar-refractivity contribution in [3.8, 4) is 5.75 Å². The third-order valence-electron chi connectivity index (χ3n) is 3.48. The van der Waals surface area contributed by atoms with Crippen molar-refractivity contribution in [3.63, 3.8) is 0 Å². The second-order valence-electron chi connectivity index (χ2n) is 5.19. The van der Waals surface area contributed by atoms with E-state index in [4.69, 9.17) is 4.74 Å². The Labute approximate surface area is 125 Å². The van der Waals surface area contributed by atoms with Gasteiger partial charge in [0.15, 0.2) is 0 Å². The highest BCUT2D eigenvalue weighted by Crippen LogP contribution is 2.18. The standard InChI is InChI=1S/C14H20N2O4S/c1-20-13-5-3-4-11(10-13)14(17)16-8-6-12(7-9-16)15-21(2,18)19/h3-5,10,12,15H,6-9H2,1-2H3. The van der Waals surface area contributed by atoms with E-state index < -0.39 is 10.0 Å². The highest BCUT2D eigenvalue weighted by atomic mass is 32.2. The van der Waals surface area contributed by atoms with E-state index in [1.807, 2.05) is 0 Å². The number of carbonyl (C=O) groups is 1. The second-order valence-corrected chi connectivity index (χ2v) is 6.97. The number of likely N-dealkylation sites (tertiary alicyclic amines) is 1. The third kappa shape index (κ3) is 4.44. The Morgan fingerprint density at radius 2 is 2.00 bits per heavy atom. The fourth-order valence-corrected chi connectivity index (χ4v) is 3.28. The number of amides is 1. The molecule has 0 radical (unpaired) electrons. The lowest BCUT2D eigenvalue weighted by molar-refractivity contribution is 0.0711. The van der Waals surface area contributed by atoms with Crippen LogP contribution in [-0.4, -0.2) is 51.7 Å². The van der Waals surface area contributed by atoms with Crippen LogP contribution >= 0.6 is 0 Å². The summed E-state index contributed by atoms with van der Waals surface area (Å²) in [6, 6.07) is 6.95. The van der Waals surface area contributed by atoms with Crippen molar-refractivity contribution in [1.82, 2.24) is 9.62 Å². The van der Waals surface area contributed by atoms with E-state index in [1.165, 1.54) is 0 Å². The van der Waals surface area contributed by atoms with Gasteiger partial charge in [-0.25, -0.2) is 13.1 Å². The van der Waals surface area contributed by atoms with Crippen molar-refractivity contribution in [3.05, 3.63) is 29.8 Å². The Balaban J connectivity index is 1.97. The summed E-state index contributed by atoms with van der Waals surface area (Å²) in [6.45, 7) is 1.09. The average Bonchev–Trinajstić information content (AvgIpc) is 2.46. The molecule has 1 fully saturated rings. The molecule has 21 heavy (non-hydrogen) atoms. The lowest BCUT2D eigenvalue weighted by Crippen LogP contribution is -2.46. The van der Waals surface area contributed by atoms with Gasteiger partial charge in [0, 0.05) is 24.7 Å². The fraction of sp³-hybridized carbons (Fsp3) is 0.500. The Bertz CT molecular complexity index is 607. The summed E-state index contributed by atoms with van der Waals surface area (Å²) < 4.78 is 30.1. The molecular weight excluding hydrogens is 292 g/mol. The Kier molecular flexibility index (Phi) is 4.84. The minimum absolute atomic E-state index is 0.0493. The van der Waals surface area contributed by atoms with Crippen molar-refractivity contribution < 1.29 is 17.9 Å². The summed E-state index contributed by atoms with van der Waals surface area (Å²) in [5.41, 5.74) is 0.587. The molecule has 1 aliphatic heterocycles. The van der Waals surface area contributed by atoms with Gasteiger partial charge in [-0.1, -0.05) is 6.07 Å². The Morgan fingerprint density at radius 3 is 2.57 bits per heavy atom. The number of sulfonamides is 1. The van der Waals surface area contributed by atoms with Crippen molar-refractivity contribution in [2.24, 2.45) is 0 Å². The molecule has 6 nitrogen and oxygen atoms in total. The molecule has 1 N–H and O–H groups in total. The van der Waals surface area contributed by atoms with Gasteiger partial charge in [-0.3, -0.25) is 4.79 Å². The highest BCUT2D eigenvalue weighted by molar-refractivity contribution is 7.88. The predicted octanol–water partition coefficient (Wildman–Crippen LogP) is 0.849. The number of nitrogens with zero attached hydrogens (tertiary/aromatic N) is 1. The van der Waals surface area contributed by atoms with E-state index in [0.717, 1.165) is 6.26 Å². The van der Waals surface area contributed by atoms with Crippen LogP contribution in [0.5, 0.6) is 5.75 Å². The van der Waals surface area contributed by atoms with Crippen molar-refractivity contribution in [1.29, 1.82) is 0 Å². The van der Waals surface area contributed by atoms with Crippen LogP contribution < -0.4 is 9.46 Å². The summed E-state index contributed by atoms with van der Waals surface area (Å²) in [6.07, 6.45) is 2.41. The van der Waals surface area contributed by atoms with Gasteiger partial charge < -0.3 is 9.64 Å². The number of carbonyl (C=O) groups excluding carboxylic acids is 1. The number of ether oxygens (including phenoxy) is 1. The molecule has 2 rings (SSSR count). The molecule has 1 aliphatic rings. The molecule has 0 spiro atoms. The number of benzene rings is 1. The lowest BCUT2D eigenvalue weighted by atomic mass is 10.0. The van der Waals surface area contributed by atoms with Gasteiger partial charge in [-0.2, -0.15) is 0 Å². The van der Waals surface area contributed by atoms with E-state index >= 15 is 0 Å². The van der Waals surface area contributed by atoms with Crippen LogP contribution in [0.2, 0.25) is 0 Å². The molecule has 1 amide bonds. The first-order valence-corrected chi connectivity index (χ1v) is 8.69. The SMILES string of the molecule is COc1cccc(C(=O)N2CCC(NS(C)(=O)=O)CC2)c1. The first kappa shape index (κ1) is 15.8. The molecule has 7 heteroatoms. The van der Waals surface area contributed by atoms with Crippen LogP contribution in [0, 0.1) is 0 Å². The zero-order chi connectivity index (χ0) is 15.5. The molecule has 1 heterocycles. The second kappa shape index (κ2) is 6.44. The Hall–Kier alpha value is -1.60. The molecule has 1 aromatic rings. The Morgan fingerprint density at radius 1 is 1.33 bits per heavy atom. The molecule has 1 saturated heterocycles. The molecule has 0 bridgehead atoms. The van der Waals surface area contributed by atoms with Crippen LogP contribution in [0.3, 0.4) is 0 Å². The minimum Gasteiger partial charge on any atom is -0.497 e. The van der Waals surface area contributed by atoms with Gasteiger partial charge in [0.25, 0.3) is 5.91 Å². The first-order valence-electron chi connectivity index (χ1n) is 6.79. The van der Waals surface area contributed by atoms with E-state index in [9.17, 15) is 13.2 Å². The normalized spacial score (nSPS) is 16.8. The first-order chi connectivity index (χ1) is 9.89. The van der Waals surface area contributed by atoms with E-state index in [2.05, 4.69) is 4.72 Å². The van der Waals surface area contributed by atoms with Crippen LogP contribution in [0.25, 0.3) is 0 Å². The van der Waals surface area contributed by atoms with Gasteiger partial charge in [-0.15, -0.1) is 0 Å². The molecule has 0 saturated carbocycles. The van der Waals surface area contributed by atoms with E-state index in [1.54, 1.807) is 36.3 Å². The maximum absolute atomic E-state index is 12.4. The fourth-order valence-electron chi connectivity index (χ4n) is 2.44. The minimum atomic E-state index is -3.19. The number of rotatable bonds is 4. The van der Waals surface area contributed by atoms with Crippen LogP contribution in [-0.2, 0) is 10.0 Å². The molecule has 0 atom stereocenters. The number of hydrogen-bond donors (Lipinski definition) is 1. The number of piperidine rings is 1. The summed E-state index contributed by atoms with van der Waals surface area (Å²) in [5.74, 6) is 0.598. The molecular formula is C14H20N2O4S. The summed E-state index contributed by atoms with van der Waals surface area (Å²) >= 11 is 0. The van der Waals surface area contributed by atoms with Crippen LogP contribution in [0.15, 0.2) is 24.3 Å². The zero-order valence-corrected chi connectivity index (χ0v) is 13.0. The molecule has 116 valence electrons. The van der Waals surface area contributed by atoms with Crippen LogP contribution in [0.4, 0.5) is 0 Å². The van der Waals surface area contributed by atoms with Gasteiger partial charge >= 0.3 is 0 Å². The summed E-state index contributed by atoms with van der Waals surface area (Å²) in [7, 11) is -1.63. The predicted molar refractivity (Wildman–Crippen MR) is 79.9 cm³/mol. The molecule has 0 unspecified atom stereocenters.